The van der Waals surface area contributed by atoms with Crippen LogP contribution in [0.3, 0.4) is 0 Å². The Bertz CT molecular complexity index is 1500. The normalized spacial score (nSPS) is 13.0. The highest BCUT2D eigenvalue weighted by Gasteiger charge is 2.27. The van der Waals surface area contributed by atoms with Crippen molar-refractivity contribution in [2.45, 2.75) is 11.0 Å². The van der Waals surface area contributed by atoms with E-state index in [1.54, 1.807) is 92.2 Å². The summed E-state index contributed by atoms with van der Waals surface area (Å²) in [6.07, 6.45) is 0.403. The van der Waals surface area contributed by atoms with Gasteiger partial charge in [0.1, 0.15) is 17.4 Å². The lowest BCUT2D eigenvalue weighted by Crippen LogP contribution is -2.18. The van der Waals surface area contributed by atoms with Gasteiger partial charge < -0.3 is 14.3 Å². The summed E-state index contributed by atoms with van der Waals surface area (Å²) in [5.41, 5.74) is 1.96. The third-order valence-corrected chi connectivity index (χ3v) is 7.10. The molecular formula is C24H19NO5S. The van der Waals surface area contributed by atoms with Crippen LogP contribution in [0, 0.1) is 0 Å². The zero-order valence-electron chi connectivity index (χ0n) is 16.6. The number of hydrogen-bond donors (Lipinski definition) is 1. The molecule has 5 aromatic rings. The van der Waals surface area contributed by atoms with Crippen LogP contribution >= 0.6 is 0 Å². The molecule has 2 heterocycles. The quantitative estimate of drug-likeness (QED) is 0.434. The van der Waals surface area contributed by atoms with Crippen LogP contribution in [-0.4, -0.2) is 24.6 Å². The van der Waals surface area contributed by atoms with Crippen LogP contribution in [0.4, 0.5) is 0 Å². The van der Waals surface area contributed by atoms with Crippen LogP contribution in [0.25, 0.3) is 21.9 Å². The number of ether oxygens (including phenoxy) is 1. The molecule has 0 spiro atoms. The fourth-order valence-electron chi connectivity index (χ4n) is 3.80. The van der Waals surface area contributed by atoms with Gasteiger partial charge in [-0.2, -0.15) is 0 Å². The number of furan rings is 1. The van der Waals surface area contributed by atoms with E-state index in [2.05, 4.69) is 0 Å². The molecule has 0 aliphatic carbocycles. The molecule has 0 amide bonds. The van der Waals surface area contributed by atoms with Gasteiger partial charge >= 0.3 is 0 Å². The number of fused-ring (bicyclic) bond motifs is 2. The van der Waals surface area contributed by atoms with Gasteiger partial charge in [0.05, 0.1) is 29.5 Å². The molecule has 1 atom stereocenters. The van der Waals surface area contributed by atoms with Gasteiger partial charge in [-0.15, -0.1) is 0 Å². The lowest BCUT2D eigenvalue weighted by atomic mass is 10.0. The first-order valence-electron chi connectivity index (χ1n) is 9.64. The number of rotatable bonds is 5. The predicted molar refractivity (Wildman–Crippen MR) is 118 cm³/mol. The molecule has 0 saturated carbocycles. The standard InChI is InChI=1S/C24H19NO5S/c1-29-19-8-9-21-18(14-19)15-22(25(21)31(27,28)20-5-3-2-4-6-20)24(26)17-7-10-23-16(13-17)11-12-30-23/h2-15,24,26H,1H3. The van der Waals surface area contributed by atoms with Gasteiger partial charge in [-0.1, -0.05) is 24.3 Å². The van der Waals surface area contributed by atoms with Crippen molar-refractivity contribution in [3.63, 3.8) is 0 Å². The number of nitrogens with zero attached hydrogens (tertiary/aromatic N) is 1. The maximum Gasteiger partial charge on any atom is 0.268 e. The molecule has 0 saturated heterocycles. The second-order valence-electron chi connectivity index (χ2n) is 7.20. The Balaban J connectivity index is 1.76. The molecule has 3 aromatic carbocycles. The lowest BCUT2D eigenvalue weighted by molar-refractivity contribution is 0.215. The van der Waals surface area contributed by atoms with Gasteiger partial charge in [-0.05, 0) is 60.2 Å². The van der Waals surface area contributed by atoms with E-state index in [1.165, 1.54) is 3.97 Å². The van der Waals surface area contributed by atoms with Crippen LogP contribution in [0.15, 0.2) is 94.4 Å². The molecule has 2 aromatic heterocycles. The Morgan fingerprint density at radius 3 is 2.52 bits per heavy atom. The second kappa shape index (κ2) is 7.30. The van der Waals surface area contributed by atoms with E-state index in [4.69, 9.17) is 9.15 Å². The van der Waals surface area contributed by atoms with E-state index >= 15 is 0 Å². The Hall–Kier alpha value is -3.55. The molecule has 1 N–H and O–H groups in total. The monoisotopic (exact) mass is 433 g/mol. The Morgan fingerprint density at radius 2 is 1.74 bits per heavy atom. The van der Waals surface area contributed by atoms with Gasteiger partial charge in [-0.3, -0.25) is 0 Å². The van der Waals surface area contributed by atoms with E-state index in [-0.39, 0.29) is 10.6 Å². The summed E-state index contributed by atoms with van der Waals surface area (Å²) in [5, 5.41) is 12.7. The highest BCUT2D eigenvalue weighted by atomic mass is 32.2. The first-order valence-corrected chi connectivity index (χ1v) is 11.1. The second-order valence-corrected chi connectivity index (χ2v) is 8.98. The highest BCUT2D eigenvalue weighted by Crippen LogP contribution is 2.34. The third kappa shape index (κ3) is 3.19. The minimum Gasteiger partial charge on any atom is -0.497 e. The van der Waals surface area contributed by atoms with Gasteiger partial charge in [-0.25, -0.2) is 12.4 Å². The van der Waals surface area contributed by atoms with E-state index < -0.39 is 16.1 Å². The van der Waals surface area contributed by atoms with E-state index in [0.29, 0.717) is 27.8 Å². The SMILES string of the molecule is COc1ccc2c(c1)cc(C(O)c1ccc3occc3c1)n2S(=O)(=O)c1ccccc1. The summed E-state index contributed by atoms with van der Waals surface area (Å²) >= 11 is 0. The number of aromatic nitrogens is 1. The largest absolute Gasteiger partial charge is 0.497 e. The van der Waals surface area contributed by atoms with Crippen LogP contribution in [0.2, 0.25) is 0 Å². The zero-order chi connectivity index (χ0) is 21.6. The summed E-state index contributed by atoms with van der Waals surface area (Å²) in [5.74, 6) is 0.600. The molecule has 0 aliphatic rings. The van der Waals surface area contributed by atoms with Crippen LogP contribution in [0.5, 0.6) is 5.75 Å². The number of hydrogen-bond acceptors (Lipinski definition) is 5. The van der Waals surface area contributed by atoms with Gasteiger partial charge in [0.25, 0.3) is 10.0 Å². The van der Waals surface area contributed by atoms with Crippen molar-refractivity contribution >= 4 is 31.9 Å². The van der Waals surface area contributed by atoms with Crippen molar-refractivity contribution in [1.82, 2.24) is 3.97 Å². The first-order chi connectivity index (χ1) is 15.0. The zero-order valence-corrected chi connectivity index (χ0v) is 17.4. The molecule has 6 nitrogen and oxygen atoms in total. The summed E-state index contributed by atoms with van der Waals surface area (Å²) in [6, 6.07) is 22.1. The molecule has 156 valence electrons. The molecule has 0 aliphatic heterocycles. The maximum atomic E-state index is 13.6. The minimum atomic E-state index is -3.96. The van der Waals surface area contributed by atoms with Crippen LogP contribution in [-0.2, 0) is 10.0 Å². The minimum absolute atomic E-state index is 0.141. The van der Waals surface area contributed by atoms with Crippen molar-refractivity contribution in [2.75, 3.05) is 7.11 Å². The topological polar surface area (TPSA) is 81.7 Å². The molecule has 1 unspecified atom stereocenters. The molecule has 0 fully saturated rings. The van der Waals surface area contributed by atoms with Crippen molar-refractivity contribution in [3.05, 3.63) is 96.4 Å². The van der Waals surface area contributed by atoms with Gasteiger partial charge in [0, 0.05) is 10.8 Å². The van der Waals surface area contributed by atoms with Gasteiger partial charge in [0.15, 0.2) is 0 Å². The number of aliphatic hydroxyl groups is 1. The maximum absolute atomic E-state index is 13.6. The van der Waals surface area contributed by atoms with E-state index in [9.17, 15) is 13.5 Å². The van der Waals surface area contributed by atoms with Crippen LogP contribution < -0.4 is 4.74 Å². The smallest absolute Gasteiger partial charge is 0.268 e. The fourth-order valence-corrected chi connectivity index (χ4v) is 5.37. The Morgan fingerprint density at radius 1 is 0.935 bits per heavy atom. The average molecular weight is 433 g/mol. The fraction of sp³-hybridized carbons (Fsp3) is 0.0833. The first kappa shape index (κ1) is 19.4. The molecular weight excluding hydrogens is 414 g/mol. The predicted octanol–water partition coefficient (Wildman–Crippen LogP) is 4.71. The Labute approximate surface area is 179 Å². The summed E-state index contributed by atoms with van der Waals surface area (Å²) < 4.78 is 39.1. The third-order valence-electron chi connectivity index (χ3n) is 5.35. The summed E-state index contributed by atoms with van der Waals surface area (Å²) in [6.45, 7) is 0. The van der Waals surface area contributed by atoms with Crippen molar-refractivity contribution in [3.8, 4) is 5.75 Å². The number of methoxy groups -OCH3 is 1. The highest BCUT2D eigenvalue weighted by molar-refractivity contribution is 7.90. The average Bonchev–Trinajstić information content (AvgIpc) is 3.42. The van der Waals surface area contributed by atoms with Gasteiger partial charge in [0.2, 0.25) is 0 Å². The summed E-state index contributed by atoms with van der Waals surface area (Å²) in [7, 11) is -2.41. The number of aliphatic hydroxyl groups excluding tert-OH is 1. The molecule has 31 heavy (non-hydrogen) atoms. The summed E-state index contributed by atoms with van der Waals surface area (Å²) in [4.78, 5) is 0.141. The van der Waals surface area contributed by atoms with Crippen molar-refractivity contribution < 1.29 is 22.7 Å². The molecule has 0 bridgehead atoms. The van der Waals surface area contributed by atoms with Crippen molar-refractivity contribution in [1.29, 1.82) is 0 Å². The number of benzene rings is 3. The van der Waals surface area contributed by atoms with E-state index in [0.717, 1.165) is 5.39 Å². The lowest BCUT2D eigenvalue weighted by Gasteiger charge is -2.16. The molecule has 7 heteroatoms. The van der Waals surface area contributed by atoms with Crippen molar-refractivity contribution in [2.24, 2.45) is 0 Å². The Kier molecular flexibility index (Phi) is 4.57. The molecule has 5 rings (SSSR count). The molecule has 0 radical (unpaired) electrons. The van der Waals surface area contributed by atoms with E-state index in [1.807, 2.05) is 0 Å². The van der Waals surface area contributed by atoms with Crippen LogP contribution in [0.1, 0.15) is 17.4 Å².